The first-order valence-corrected chi connectivity index (χ1v) is 7.67. The van der Waals surface area contributed by atoms with Crippen molar-refractivity contribution in [1.29, 1.82) is 0 Å². The number of aromatic hydroxyl groups is 1. The molecule has 1 heterocycles. The van der Waals surface area contributed by atoms with E-state index in [-0.39, 0.29) is 5.88 Å². The predicted octanol–water partition coefficient (Wildman–Crippen LogP) is 4.72. The molecule has 0 fully saturated rings. The number of hydrogen-bond donors (Lipinski definition) is 2. The normalized spacial score (nSPS) is 11.3. The van der Waals surface area contributed by atoms with Gasteiger partial charge in [-0.05, 0) is 30.3 Å². The monoisotopic (exact) mass is 362 g/mol. The molecule has 0 saturated carbocycles. The van der Waals surface area contributed by atoms with Crippen LogP contribution in [0.2, 0.25) is 10.0 Å². The zero-order chi connectivity index (χ0) is 17.3. The number of carbonyl (C=O) groups excluding carboxylic acids is 1. The van der Waals surface area contributed by atoms with Gasteiger partial charge in [0.2, 0.25) is 0 Å². The maximum atomic E-state index is 11.6. The number of hydrogen-bond acceptors (Lipinski definition) is 4. The quantitative estimate of drug-likeness (QED) is 0.522. The van der Waals surface area contributed by atoms with Gasteiger partial charge in [0, 0.05) is 16.6 Å². The van der Waals surface area contributed by atoms with E-state index in [2.05, 4.69) is 14.7 Å². The van der Waals surface area contributed by atoms with Crippen LogP contribution < -0.4 is 0 Å². The third-order valence-electron chi connectivity index (χ3n) is 3.48. The molecule has 3 rings (SSSR count). The molecular weight excluding hydrogens is 351 g/mol. The largest absolute Gasteiger partial charge is 0.494 e. The number of carbonyl (C=O) groups is 1. The van der Waals surface area contributed by atoms with Crippen molar-refractivity contribution >= 4 is 52.0 Å². The van der Waals surface area contributed by atoms with Gasteiger partial charge < -0.3 is 14.8 Å². The average Bonchev–Trinajstić information content (AvgIpc) is 2.87. The highest BCUT2D eigenvalue weighted by molar-refractivity contribution is 6.33. The molecule has 1 aromatic heterocycles. The lowest BCUT2D eigenvalue weighted by atomic mass is 10.2. The maximum Gasteiger partial charge on any atom is 0.337 e. The average molecular weight is 363 g/mol. The summed E-state index contributed by atoms with van der Waals surface area (Å²) in [4.78, 5) is 18.7. The van der Waals surface area contributed by atoms with Crippen molar-refractivity contribution in [3.8, 4) is 5.88 Å². The van der Waals surface area contributed by atoms with Gasteiger partial charge in [0.15, 0.2) is 5.88 Å². The van der Waals surface area contributed by atoms with E-state index in [9.17, 15) is 9.90 Å². The number of methoxy groups -OCH3 is 1. The number of ether oxygens (including phenoxy) is 1. The summed E-state index contributed by atoms with van der Waals surface area (Å²) in [6, 6.07) is 9.85. The minimum atomic E-state index is -0.479. The fourth-order valence-corrected chi connectivity index (χ4v) is 2.64. The Hall–Kier alpha value is -2.50. The Morgan fingerprint density at radius 2 is 2.04 bits per heavy atom. The Labute approximate surface area is 147 Å². The molecule has 24 heavy (non-hydrogen) atoms. The number of rotatable bonds is 3. The molecule has 0 radical (unpaired) electrons. The number of nitrogens with zero attached hydrogens (tertiary/aromatic N) is 1. The lowest BCUT2D eigenvalue weighted by molar-refractivity contribution is 0.0601. The molecule has 0 amide bonds. The summed E-state index contributed by atoms with van der Waals surface area (Å²) >= 11 is 12.0. The van der Waals surface area contributed by atoms with E-state index in [1.165, 1.54) is 19.4 Å². The number of nitrogens with one attached hydrogen (secondary N) is 1. The first kappa shape index (κ1) is 16.4. The molecule has 0 aliphatic carbocycles. The molecule has 3 aromatic rings. The fourth-order valence-electron chi connectivity index (χ4n) is 2.30. The lowest BCUT2D eigenvalue weighted by Crippen LogP contribution is -2.00. The van der Waals surface area contributed by atoms with Gasteiger partial charge >= 0.3 is 5.97 Å². The van der Waals surface area contributed by atoms with Gasteiger partial charge in [-0.2, -0.15) is 0 Å². The number of aliphatic imine (C=N–C) groups is 1. The molecule has 0 bridgehead atoms. The molecule has 5 nitrogen and oxygen atoms in total. The Bertz CT molecular complexity index is 964. The predicted molar refractivity (Wildman–Crippen MR) is 95.0 cm³/mol. The summed E-state index contributed by atoms with van der Waals surface area (Å²) in [6.45, 7) is 0. The molecule has 7 heteroatoms. The Kier molecular flexibility index (Phi) is 4.46. The topological polar surface area (TPSA) is 74.7 Å². The van der Waals surface area contributed by atoms with Crippen LogP contribution >= 0.6 is 23.2 Å². The van der Waals surface area contributed by atoms with Gasteiger partial charge in [0.25, 0.3) is 0 Å². The zero-order valence-electron chi connectivity index (χ0n) is 12.5. The molecule has 0 atom stereocenters. The highest BCUT2D eigenvalue weighted by Gasteiger charge is 2.11. The molecule has 0 saturated heterocycles. The summed E-state index contributed by atoms with van der Waals surface area (Å²) in [7, 11) is 1.30. The molecule has 0 aliphatic rings. The van der Waals surface area contributed by atoms with Crippen molar-refractivity contribution in [2.24, 2.45) is 4.99 Å². The summed E-state index contributed by atoms with van der Waals surface area (Å²) in [5.74, 6) is -0.510. The number of aromatic amines is 1. The van der Waals surface area contributed by atoms with Crippen molar-refractivity contribution < 1.29 is 14.6 Å². The van der Waals surface area contributed by atoms with Crippen LogP contribution in [-0.2, 0) is 4.74 Å². The van der Waals surface area contributed by atoms with Gasteiger partial charge in [-0.1, -0.05) is 29.3 Å². The van der Waals surface area contributed by atoms with Crippen LogP contribution in [0.3, 0.4) is 0 Å². The molecule has 0 unspecified atom stereocenters. The van der Waals surface area contributed by atoms with Gasteiger partial charge in [0.05, 0.1) is 34.5 Å². The van der Waals surface area contributed by atoms with E-state index in [1.54, 1.807) is 30.3 Å². The summed E-state index contributed by atoms with van der Waals surface area (Å²) in [5, 5.41) is 11.8. The van der Waals surface area contributed by atoms with Gasteiger partial charge in [-0.3, -0.25) is 4.99 Å². The van der Waals surface area contributed by atoms with Crippen molar-refractivity contribution in [1.82, 2.24) is 4.98 Å². The lowest BCUT2D eigenvalue weighted by Gasteiger charge is -2.02. The van der Waals surface area contributed by atoms with E-state index in [0.717, 1.165) is 5.39 Å². The van der Waals surface area contributed by atoms with Gasteiger partial charge in [-0.25, -0.2) is 4.79 Å². The van der Waals surface area contributed by atoms with Crippen molar-refractivity contribution in [3.05, 3.63) is 57.6 Å². The summed E-state index contributed by atoms with van der Waals surface area (Å²) in [5.41, 5.74) is 1.92. The third-order valence-corrected chi connectivity index (χ3v) is 4.03. The smallest absolute Gasteiger partial charge is 0.337 e. The van der Waals surface area contributed by atoms with E-state index in [4.69, 9.17) is 23.2 Å². The van der Waals surface area contributed by atoms with Crippen molar-refractivity contribution in [2.75, 3.05) is 7.11 Å². The molecule has 2 aromatic carbocycles. The number of H-pyrrole nitrogens is 1. The fraction of sp³-hybridized carbons (Fsp3) is 0.0588. The first-order valence-electron chi connectivity index (χ1n) is 6.91. The van der Waals surface area contributed by atoms with Gasteiger partial charge in [-0.15, -0.1) is 0 Å². The molecular formula is C17H12Cl2N2O3. The van der Waals surface area contributed by atoms with E-state index in [1.807, 2.05) is 0 Å². The second-order valence-corrected chi connectivity index (χ2v) is 5.84. The van der Waals surface area contributed by atoms with Crippen LogP contribution in [0.4, 0.5) is 5.69 Å². The highest BCUT2D eigenvalue weighted by atomic mass is 35.5. The molecule has 0 spiro atoms. The van der Waals surface area contributed by atoms with Crippen LogP contribution in [0.15, 0.2) is 41.4 Å². The minimum Gasteiger partial charge on any atom is -0.494 e. The summed E-state index contributed by atoms with van der Waals surface area (Å²) < 4.78 is 4.68. The van der Waals surface area contributed by atoms with Crippen molar-refractivity contribution in [2.45, 2.75) is 0 Å². The second-order valence-electron chi connectivity index (χ2n) is 4.99. The van der Waals surface area contributed by atoms with E-state index >= 15 is 0 Å². The minimum absolute atomic E-state index is 0.0312. The van der Waals surface area contributed by atoms with Crippen LogP contribution in [0, 0.1) is 0 Å². The second kappa shape index (κ2) is 6.55. The van der Waals surface area contributed by atoms with E-state index < -0.39 is 5.97 Å². The number of halogens is 2. The van der Waals surface area contributed by atoms with Crippen LogP contribution in [0.25, 0.3) is 10.9 Å². The Morgan fingerprint density at radius 1 is 1.25 bits per heavy atom. The Balaban J connectivity index is 2.02. The third kappa shape index (κ3) is 3.09. The van der Waals surface area contributed by atoms with Gasteiger partial charge in [0.1, 0.15) is 0 Å². The van der Waals surface area contributed by atoms with Crippen LogP contribution in [-0.4, -0.2) is 29.4 Å². The number of benzene rings is 2. The summed E-state index contributed by atoms with van der Waals surface area (Å²) in [6.07, 6.45) is 1.48. The SMILES string of the molecule is COC(=O)c1ccc(Cl)c(N=Cc2c(O)[nH]c3cc(Cl)ccc23)c1. The standard InChI is InChI=1S/C17H12Cl2N2O3/c1-24-17(23)9-2-5-13(19)15(6-9)20-8-12-11-4-3-10(18)7-14(11)21-16(12)22/h2-8,21-22H,1H3. The number of fused-ring (bicyclic) bond motifs is 1. The van der Waals surface area contributed by atoms with E-state index in [0.29, 0.717) is 32.4 Å². The molecule has 0 aliphatic heterocycles. The number of esters is 1. The first-order chi connectivity index (χ1) is 11.5. The van der Waals surface area contributed by atoms with Crippen LogP contribution in [0.1, 0.15) is 15.9 Å². The van der Waals surface area contributed by atoms with Crippen molar-refractivity contribution in [3.63, 3.8) is 0 Å². The zero-order valence-corrected chi connectivity index (χ0v) is 14.0. The molecule has 2 N–H and O–H groups in total. The highest BCUT2D eigenvalue weighted by Crippen LogP contribution is 2.30. The number of aromatic nitrogens is 1. The molecule has 122 valence electrons. The van der Waals surface area contributed by atoms with Crippen LogP contribution in [0.5, 0.6) is 5.88 Å². The maximum absolute atomic E-state index is 11.6. The Morgan fingerprint density at radius 3 is 2.79 bits per heavy atom.